The number of amides is 3. The molecule has 2 heterocycles. The van der Waals surface area contributed by atoms with Crippen molar-refractivity contribution in [3.05, 3.63) is 51.8 Å². The number of halogens is 1. The number of hydrogen-bond acceptors (Lipinski definition) is 4. The molecule has 142 valence electrons. The average molecular weight is 433 g/mol. The predicted octanol–water partition coefficient (Wildman–Crippen LogP) is 2.66. The molecule has 0 aliphatic carbocycles. The van der Waals surface area contributed by atoms with Gasteiger partial charge in [0.15, 0.2) is 0 Å². The molecule has 1 aliphatic heterocycles. The summed E-state index contributed by atoms with van der Waals surface area (Å²) in [5, 5.41) is 6.98. The van der Waals surface area contributed by atoms with Crippen molar-refractivity contribution < 1.29 is 14.4 Å². The van der Waals surface area contributed by atoms with E-state index in [4.69, 9.17) is 0 Å². The van der Waals surface area contributed by atoms with Crippen molar-refractivity contribution in [2.45, 2.75) is 32.2 Å². The third-order valence-electron chi connectivity index (χ3n) is 4.63. The Morgan fingerprint density at radius 1 is 1.11 bits per heavy atom. The fourth-order valence-corrected chi connectivity index (χ4v) is 3.57. The van der Waals surface area contributed by atoms with Crippen molar-refractivity contribution in [1.29, 1.82) is 0 Å². The Morgan fingerprint density at radius 2 is 1.78 bits per heavy atom. The lowest BCUT2D eigenvalue weighted by molar-refractivity contribution is -0.121. The highest BCUT2D eigenvalue weighted by Crippen LogP contribution is 2.22. The van der Waals surface area contributed by atoms with Gasteiger partial charge in [-0.1, -0.05) is 18.6 Å². The summed E-state index contributed by atoms with van der Waals surface area (Å²) < 4.78 is 2.58. The summed E-state index contributed by atoms with van der Waals surface area (Å²) in [6.07, 6.45) is 4.28. The topological polar surface area (TPSA) is 84.3 Å². The molecule has 0 saturated heterocycles. The van der Waals surface area contributed by atoms with Crippen molar-refractivity contribution in [3.63, 3.8) is 0 Å². The van der Waals surface area contributed by atoms with E-state index in [-0.39, 0.29) is 17.7 Å². The molecule has 7 nitrogen and oxygen atoms in total. The SMILES string of the molecule is Cn1ncc(Br)c1CNC(=O)CCCCCN1C(=O)c2ccccc2C1=O. The fourth-order valence-electron chi connectivity index (χ4n) is 3.08. The van der Waals surface area contributed by atoms with Crippen LogP contribution in [0.15, 0.2) is 34.9 Å². The number of benzene rings is 1. The molecule has 2 aromatic rings. The molecular formula is C19H21BrN4O3. The van der Waals surface area contributed by atoms with E-state index in [1.807, 2.05) is 7.05 Å². The van der Waals surface area contributed by atoms with Crippen LogP contribution in [0, 0.1) is 0 Å². The summed E-state index contributed by atoms with van der Waals surface area (Å²) in [4.78, 5) is 37.8. The van der Waals surface area contributed by atoms with Gasteiger partial charge in [-0.2, -0.15) is 5.10 Å². The third-order valence-corrected chi connectivity index (χ3v) is 5.29. The normalized spacial score (nSPS) is 13.2. The van der Waals surface area contributed by atoms with Crippen LogP contribution in [0.5, 0.6) is 0 Å². The summed E-state index contributed by atoms with van der Waals surface area (Å²) in [7, 11) is 1.82. The minimum atomic E-state index is -0.227. The Balaban J connectivity index is 1.36. The number of nitrogens with one attached hydrogen (secondary N) is 1. The number of unbranched alkanes of at least 4 members (excludes halogenated alkanes) is 2. The van der Waals surface area contributed by atoms with Gasteiger partial charge in [0.05, 0.1) is 34.0 Å². The molecule has 8 heteroatoms. The van der Waals surface area contributed by atoms with Gasteiger partial charge in [0.25, 0.3) is 11.8 Å². The van der Waals surface area contributed by atoms with E-state index in [0.717, 1.165) is 16.6 Å². The number of imide groups is 1. The molecule has 3 amide bonds. The van der Waals surface area contributed by atoms with E-state index in [2.05, 4.69) is 26.3 Å². The Labute approximate surface area is 165 Å². The highest BCUT2D eigenvalue weighted by molar-refractivity contribution is 9.10. The van der Waals surface area contributed by atoms with Crippen molar-refractivity contribution in [3.8, 4) is 0 Å². The minimum absolute atomic E-state index is 0.0242. The number of carbonyl (C=O) groups is 3. The molecule has 1 N–H and O–H groups in total. The average Bonchev–Trinajstić information content (AvgIpc) is 3.11. The van der Waals surface area contributed by atoms with Crippen molar-refractivity contribution >= 4 is 33.7 Å². The number of carbonyl (C=O) groups excluding carboxylic acids is 3. The summed E-state index contributed by atoms with van der Waals surface area (Å²) in [5.74, 6) is -0.478. The summed E-state index contributed by atoms with van der Waals surface area (Å²) in [6, 6.07) is 6.88. The molecule has 1 aromatic carbocycles. The van der Waals surface area contributed by atoms with Crippen LogP contribution in [-0.2, 0) is 18.4 Å². The second kappa shape index (κ2) is 8.47. The molecule has 1 aliphatic rings. The number of hydrogen-bond donors (Lipinski definition) is 1. The largest absolute Gasteiger partial charge is 0.350 e. The molecule has 0 spiro atoms. The Hall–Kier alpha value is -2.48. The lowest BCUT2D eigenvalue weighted by Gasteiger charge is -2.13. The lowest BCUT2D eigenvalue weighted by Crippen LogP contribution is -2.30. The Kier molecular flexibility index (Phi) is 6.05. The molecule has 0 atom stereocenters. The molecular weight excluding hydrogens is 412 g/mol. The molecule has 0 saturated carbocycles. The molecule has 1 aromatic heterocycles. The summed E-state index contributed by atoms with van der Waals surface area (Å²) in [6.45, 7) is 0.806. The molecule has 27 heavy (non-hydrogen) atoms. The lowest BCUT2D eigenvalue weighted by atomic mass is 10.1. The van der Waals surface area contributed by atoms with Crippen LogP contribution in [0.2, 0.25) is 0 Å². The van der Waals surface area contributed by atoms with Gasteiger partial charge in [0.1, 0.15) is 0 Å². The van der Waals surface area contributed by atoms with E-state index in [1.165, 1.54) is 4.90 Å². The van der Waals surface area contributed by atoms with Crippen LogP contribution < -0.4 is 5.32 Å². The van der Waals surface area contributed by atoms with Crippen LogP contribution in [0.1, 0.15) is 52.1 Å². The van der Waals surface area contributed by atoms with Gasteiger partial charge in [-0.25, -0.2) is 0 Å². The standard InChI is InChI=1S/C19H21BrN4O3/c1-23-16(15(20)11-22-23)12-21-17(25)9-3-2-6-10-24-18(26)13-7-4-5-8-14(13)19(24)27/h4-5,7-8,11H,2-3,6,9-10,12H2,1H3,(H,21,25). The second-order valence-corrected chi connectivity index (χ2v) is 7.31. The smallest absolute Gasteiger partial charge is 0.261 e. The highest BCUT2D eigenvalue weighted by atomic mass is 79.9. The maximum absolute atomic E-state index is 12.3. The maximum atomic E-state index is 12.3. The first-order chi connectivity index (χ1) is 13.0. The van der Waals surface area contributed by atoms with Gasteiger partial charge in [0, 0.05) is 20.0 Å². The maximum Gasteiger partial charge on any atom is 0.261 e. The number of rotatable bonds is 8. The zero-order valence-corrected chi connectivity index (χ0v) is 16.7. The predicted molar refractivity (Wildman–Crippen MR) is 103 cm³/mol. The van der Waals surface area contributed by atoms with Crippen LogP contribution in [0.25, 0.3) is 0 Å². The van der Waals surface area contributed by atoms with Crippen molar-refractivity contribution in [1.82, 2.24) is 20.0 Å². The summed E-state index contributed by atoms with van der Waals surface area (Å²) >= 11 is 3.40. The van der Waals surface area contributed by atoms with E-state index in [1.54, 1.807) is 35.1 Å². The van der Waals surface area contributed by atoms with Crippen LogP contribution in [-0.4, -0.2) is 38.9 Å². The molecule has 0 unspecified atom stereocenters. The minimum Gasteiger partial charge on any atom is -0.350 e. The van der Waals surface area contributed by atoms with Gasteiger partial charge >= 0.3 is 0 Å². The molecule has 0 bridgehead atoms. The first kappa shape index (κ1) is 19.3. The van der Waals surface area contributed by atoms with Gasteiger partial charge in [-0.3, -0.25) is 24.0 Å². The van der Waals surface area contributed by atoms with Gasteiger partial charge in [0.2, 0.25) is 5.91 Å². The van der Waals surface area contributed by atoms with E-state index >= 15 is 0 Å². The Bertz CT molecular complexity index is 823. The highest BCUT2D eigenvalue weighted by Gasteiger charge is 2.34. The summed E-state index contributed by atoms with van der Waals surface area (Å²) in [5.41, 5.74) is 1.86. The zero-order valence-electron chi connectivity index (χ0n) is 15.1. The number of aromatic nitrogens is 2. The molecule has 0 radical (unpaired) electrons. The number of nitrogens with zero attached hydrogens (tertiary/aromatic N) is 3. The van der Waals surface area contributed by atoms with Crippen molar-refractivity contribution in [2.24, 2.45) is 7.05 Å². The Morgan fingerprint density at radius 3 is 2.37 bits per heavy atom. The van der Waals surface area contributed by atoms with Crippen LogP contribution >= 0.6 is 15.9 Å². The van der Waals surface area contributed by atoms with E-state index in [0.29, 0.717) is 43.5 Å². The zero-order chi connectivity index (χ0) is 19.4. The molecule has 3 rings (SSSR count). The van der Waals surface area contributed by atoms with Crippen LogP contribution in [0.4, 0.5) is 0 Å². The number of aryl methyl sites for hydroxylation is 1. The second-order valence-electron chi connectivity index (χ2n) is 6.46. The van der Waals surface area contributed by atoms with Gasteiger partial charge in [-0.05, 0) is 40.9 Å². The molecule has 0 fully saturated rings. The fraction of sp³-hybridized carbons (Fsp3) is 0.368. The first-order valence-electron chi connectivity index (χ1n) is 8.87. The van der Waals surface area contributed by atoms with E-state index in [9.17, 15) is 14.4 Å². The number of fused-ring (bicyclic) bond motifs is 1. The van der Waals surface area contributed by atoms with E-state index < -0.39 is 0 Å². The van der Waals surface area contributed by atoms with Crippen molar-refractivity contribution in [2.75, 3.05) is 6.54 Å². The third kappa shape index (κ3) is 4.27. The van der Waals surface area contributed by atoms with Gasteiger partial charge in [-0.15, -0.1) is 0 Å². The van der Waals surface area contributed by atoms with Gasteiger partial charge < -0.3 is 5.32 Å². The first-order valence-corrected chi connectivity index (χ1v) is 9.66. The van der Waals surface area contributed by atoms with Crippen LogP contribution in [0.3, 0.4) is 0 Å². The quantitative estimate of drug-likeness (QED) is 0.513. The monoisotopic (exact) mass is 432 g/mol.